The number of benzene rings is 1. The largest absolute Gasteiger partial charge is 0.354 e. The molecule has 2 saturated heterocycles. The molecule has 1 aromatic carbocycles. The molecule has 5 nitrogen and oxygen atoms in total. The summed E-state index contributed by atoms with van der Waals surface area (Å²) in [4.78, 5) is 12.0. The van der Waals surface area contributed by atoms with E-state index in [2.05, 4.69) is 50.0 Å². The molecule has 1 aliphatic carbocycles. The standard InChI is InChI=1S/C26H33N5/c27-17-22-5-8-26(28-18-22)31-13-11-30(12-14-31)20-23-15-25(16-23)24-6-3-21(4-7-24)19-29-9-1-2-10-29/h3-8,18,23,25H,1-2,9-16,19-20H2. The molecular formula is C26H33N5. The Morgan fingerprint density at radius 2 is 1.61 bits per heavy atom. The molecule has 2 aromatic rings. The number of nitriles is 1. The lowest BCUT2D eigenvalue weighted by Gasteiger charge is -2.42. The summed E-state index contributed by atoms with van der Waals surface area (Å²) in [6.07, 6.45) is 7.08. The predicted molar refractivity (Wildman–Crippen MR) is 124 cm³/mol. The summed E-state index contributed by atoms with van der Waals surface area (Å²) in [6.45, 7) is 9.15. The van der Waals surface area contributed by atoms with E-state index in [0.29, 0.717) is 5.56 Å². The Hall–Kier alpha value is -2.42. The van der Waals surface area contributed by atoms with E-state index in [0.717, 1.165) is 50.4 Å². The molecule has 0 atom stereocenters. The molecule has 3 heterocycles. The first-order valence-corrected chi connectivity index (χ1v) is 11.9. The number of rotatable bonds is 6. The first-order chi connectivity index (χ1) is 15.3. The van der Waals surface area contributed by atoms with E-state index in [1.807, 2.05) is 12.1 Å². The van der Waals surface area contributed by atoms with Gasteiger partial charge in [-0.2, -0.15) is 5.26 Å². The van der Waals surface area contributed by atoms with Gasteiger partial charge in [-0.1, -0.05) is 24.3 Å². The number of piperazine rings is 1. The molecule has 0 unspecified atom stereocenters. The second kappa shape index (κ2) is 9.38. The van der Waals surface area contributed by atoms with Crippen LogP contribution in [0.5, 0.6) is 0 Å². The van der Waals surface area contributed by atoms with Crippen molar-refractivity contribution in [3.8, 4) is 6.07 Å². The Morgan fingerprint density at radius 1 is 0.871 bits per heavy atom. The molecule has 1 aromatic heterocycles. The van der Waals surface area contributed by atoms with E-state index in [9.17, 15) is 0 Å². The normalized spacial score (nSPS) is 24.7. The number of aromatic nitrogens is 1. The lowest BCUT2D eigenvalue weighted by molar-refractivity contribution is 0.152. The van der Waals surface area contributed by atoms with Gasteiger partial charge in [-0.15, -0.1) is 0 Å². The average molecular weight is 416 g/mol. The summed E-state index contributed by atoms with van der Waals surface area (Å²) >= 11 is 0. The first-order valence-electron chi connectivity index (χ1n) is 11.9. The third-order valence-corrected chi connectivity index (χ3v) is 7.38. The molecule has 1 saturated carbocycles. The number of hydrogen-bond donors (Lipinski definition) is 0. The second-order valence-corrected chi connectivity index (χ2v) is 9.56. The molecular weight excluding hydrogens is 382 g/mol. The van der Waals surface area contributed by atoms with Gasteiger partial charge >= 0.3 is 0 Å². The van der Waals surface area contributed by atoms with Crippen LogP contribution in [0.2, 0.25) is 0 Å². The topological polar surface area (TPSA) is 46.4 Å². The van der Waals surface area contributed by atoms with Crippen LogP contribution >= 0.6 is 0 Å². The van der Waals surface area contributed by atoms with E-state index in [1.54, 1.807) is 6.20 Å². The first kappa shape index (κ1) is 20.5. The molecule has 0 amide bonds. The van der Waals surface area contributed by atoms with Crippen molar-refractivity contribution in [2.75, 3.05) is 50.7 Å². The van der Waals surface area contributed by atoms with Crippen LogP contribution in [0, 0.1) is 17.2 Å². The van der Waals surface area contributed by atoms with Gasteiger partial charge in [0.2, 0.25) is 0 Å². The summed E-state index contributed by atoms with van der Waals surface area (Å²) in [6, 6.07) is 15.5. The summed E-state index contributed by atoms with van der Waals surface area (Å²) in [5, 5.41) is 8.93. The van der Waals surface area contributed by atoms with Crippen molar-refractivity contribution in [1.82, 2.24) is 14.8 Å². The summed E-state index contributed by atoms with van der Waals surface area (Å²) in [5.41, 5.74) is 3.64. The van der Waals surface area contributed by atoms with Gasteiger partial charge < -0.3 is 4.90 Å². The summed E-state index contributed by atoms with van der Waals surface area (Å²) in [5.74, 6) is 2.60. The maximum atomic E-state index is 8.93. The van der Waals surface area contributed by atoms with Crippen molar-refractivity contribution in [2.45, 2.75) is 38.1 Å². The van der Waals surface area contributed by atoms with Crippen LogP contribution < -0.4 is 4.90 Å². The molecule has 5 heteroatoms. The van der Waals surface area contributed by atoms with Crippen molar-refractivity contribution in [2.24, 2.45) is 5.92 Å². The van der Waals surface area contributed by atoms with Gasteiger partial charge in [-0.3, -0.25) is 9.80 Å². The highest BCUT2D eigenvalue weighted by Crippen LogP contribution is 2.42. The SMILES string of the molecule is N#Cc1ccc(N2CCN(CC3CC(c4ccc(CN5CCCC5)cc4)C3)CC2)nc1. The van der Waals surface area contributed by atoms with Gasteiger partial charge in [-0.05, 0) is 73.9 Å². The molecule has 0 bridgehead atoms. The average Bonchev–Trinajstić information content (AvgIpc) is 3.30. The van der Waals surface area contributed by atoms with Crippen LogP contribution in [0.1, 0.15) is 48.3 Å². The number of anilines is 1. The lowest BCUT2D eigenvalue weighted by atomic mass is 9.71. The van der Waals surface area contributed by atoms with E-state index in [4.69, 9.17) is 5.26 Å². The Morgan fingerprint density at radius 3 is 2.26 bits per heavy atom. The lowest BCUT2D eigenvalue weighted by Crippen LogP contribution is -2.49. The molecule has 0 radical (unpaired) electrons. The molecule has 0 spiro atoms. The van der Waals surface area contributed by atoms with Gasteiger partial charge in [0.15, 0.2) is 0 Å². The van der Waals surface area contributed by atoms with Gasteiger partial charge in [0.05, 0.1) is 5.56 Å². The third-order valence-electron chi connectivity index (χ3n) is 7.38. The quantitative estimate of drug-likeness (QED) is 0.717. The predicted octanol–water partition coefficient (Wildman–Crippen LogP) is 3.86. The monoisotopic (exact) mass is 415 g/mol. The Kier molecular flexibility index (Phi) is 6.20. The van der Waals surface area contributed by atoms with Crippen molar-refractivity contribution in [3.05, 3.63) is 59.3 Å². The van der Waals surface area contributed by atoms with Crippen LogP contribution in [-0.4, -0.2) is 60.6 Å². The van der Waals surface area contributed by atoms with E-state index in [-0.39, 0.29) is 0 Å². The smallest absolute Gasteiger partial charge is 0.128 e. The fraction of sp³-hybridized carbons (Fsp3) is 0.538. The van der Waals surface area contributed by atoms with Gasteiger partial charge in [0.25, 0.3) is 0 Å². The second-order valence-electron chi connectivity index (χ2n) is 9.56. The van der Waals surface area contributed by atoms with Gasteiger partial charge in [0.1, 0.15) is 11.9 Å². The fourth-order valence-corrected chi connectivity index (χ4v) is 5.42. The molecule has 2 aliphatic heterocycles. The minimum Gasteiger partial charge on any atom is -0.354 e. The molecule has 5 rings (SSSR count). The zero-order valence-corrected chi connectivity index (χ0v) is 18.4. The number of likely N-dealkylation sites (tertiary alicyclic amines) is 1. The minimum atomic E-state index is 0.628. The Bertz CT molecular complexity index is 881. The molecule has 162 valence electrons. The van der Waals surface area contributed by atoms with E-state index >= 15 is 0 Å². The summed E-state index contributed by atoms with van der Waals surface area (Å²) < 4.78 is 0. The highest BCUT2D eigenvalue weighted by molar-refractivity contribution is 5.42. The highest BCUT2D eigenvalue weighted by Gasteiger charge is 2.32. The van der Waals surface area contributed by atoms with Gasteiger partial charge in [0, 0.05) is 45.5 Å². The maximum absolute atomic E-state index is 8.93. The van der Waals surface area contributed by atoms with E-state index in [1.165, 1.54) is 56.4 Å². The van der Waals surface area contributed by atoms with Crippen molar-refractivity contribution < 1.29 is 0 Å². The zero-order valence-electron chi connectivity index (χ0n) is 18.4. The highest BCUT2D eigenvalue weighted by atomic mass is 15.3. The van der Waals surface area contributed by atoms with Crippen molar-refractivity contribution >= 4 is 5.82 Å². The maximum Gasteiger partial charge on any atom is 0.128 e. The molecule has 31 heavy (non-hydrogen) atoms. The van der Waals surface area contributed by atoms with Crippen LogP contribution in [0.3, 0.4) is 0 Å². The van der Waals surface area contributed by atoms with Crippen LogP contribution in [0.4, 0.5) is 5.82 Å². The van der Waals surface area contributed by atoms with Crippen molar-refractivity contribution in [3.63, 3.8) is 0 Å². The van der Waals surface area contributed by atoms with Crippen LogP contribution in [-0.2, 0) is 6.54 Å². The van der Waals surface area contributed by atoms with Crippen LogP contribution in [0.25, 0.3) is 0 Å². The Balaban J connectivity index is 1.04. The van der Waals surface area contributed by atoms with E-state index < -0.39 is 0 Å². The molecule has 0 N–H and O–H groups in total. The summed E-state index contributed by atoms with van der Waals surface area (Å²) in [7, 11) is 0. The number of hydrogen-bond acceptors (Lipinski definition) is 5. The van der Waals surface area contributed by atoms with Crippen molar-refractivity contribution in [1.29, 1.82) is 5.26 Å². The zero-order chi connectivity index (χ0) is 21.0. The number of nitrogens with zero attached hydrogens (tertiary/aromatic N) is 5. The Labute approximate surface area is 186 Å². The molecule has 3 aliphatic rings. The van der Waals surface area contributed by atoms with Gasteiger partial charge in [-0.25, -0.2) is 4.98 Å². The third kappa shape index (κ3) is 4.92. The molecule has 3 fully saturated rings. The van der Waals surface area contributed by atoms with Crippen LogP contribution in [0.15, 0.2) is 42.6 Å². The fourth-order valence-electron chi connectivity index (χ4n) is 5.42. The minimum absolute atomic E-state index is 0.628. The number of pyridine rings is 1.